The lowest BCUT2D eigenvalue weighted by molar-refractivity contribution is 0.0743. The third kappa shape index (κ3) is 2.70. The van der Waals surface area contributed by atoms with Gasteiger partial charge < -0.3 is 0 Å². The Morgan fingerprint density at radius 2 is 1.81 bits per heavy atom. The molecule has 1 aliphatic heterocycles. The second-order valence-electron chi connectivity index (χ2n) is 7.73. The molecule has 0 spiro atoms. The number of halogens is 1. The first kappa shape index (κ1) is 16.5. The van der Waals surface area contributed by atoms with E-state index in [-0.39, 0.29) is 5.91 Å². The third-order valence-corrected chi connectivity index (χ3v) is 6.62. The number of amides is 1. The zero-order chi connectivity index (χ0) is 17.7. The molecule has 1 saturated carbocycles. The number of nitrogens with zero attached hydrogens (tertiary/aromatic N) is 3. The number of fused-ring (bicyclic) bond motifs is 5. The first-order valence-corrected chi connectivity index (χ1v) is 10.4. The fraction of sp³-hybridized carbons (Fsp3) is 0.500. The van der Waals surface area contributed by atoms with Gasteiger partial charge in [-0.3, -0.25) is 10.2 Å². The summed E-state index contributed by atoms with van der Waals surface area (Å²) >= 11 is 3.50. The summed E-state index contributed by atoms with van der Waals surface area (Å²) in [6, 6.07) is 8.19. The number of hydrogen-bond acceptors (Lipinski definition) is 3. The number of nitrogens with one attached hydrogen (secondary N) is 1. The summed E-state index contributed by atoms with van der Waals surface area (Å²) in [6.07, 6.45) is 7.13. The highest BCUT2D eigenvalue weighted by Crippen LogP contribution is 2.54. The maximum absolute atomic E-state index is 13.0. The number of rotatable bonds is 3. The smallest absolute Gasteiger partial charge is 0.283 e. The van der Waals surface area contributed by atoms with Crippen LogP contribution in [0.15, 0.2) is 28.7 Å². The van der Waals surface area contributed by atoms with Gasteiger partial charge in [-0.2, -0.15) is 5.10 Å². The number of benzene rings is 1. The van der Waals surface area contributed by atoms with E-state index < -0.39 is 0 Å². The molecular weight excluding hydrogens is 392 g/mol. The molecule has 3 aliphatic rings. The normalized spacial score (nSPS) is 24.7. The summed E-state index contributed by atoms with van der Waals surface area (Å²) in [7, 11) is 0. The average Bonchev–Trinajstić information content (AvgIpc) is 3.36. The fourth-order valence-corrected chi connectivity index (χ4v) is 5.14. The second kappa shape index (κ2) is 6.50. The number of carbonyl (C=O) groups is 1. The van der Waals surface area contributed by atoms with Gasteiger partial charge in [0.25, 0.3) is 5.91 Å². The molecule has 1 N–H and O–H groups in total. The summed E-state index contributed by atoms with van der Waals surface area (Å²) in [6.45, 7) is 1.88. The molecule has 2 bridgehead atoms. The largest absolute Gasteiger partial charge is 0.286 e. The van der Waals surface area contributed by atoms with Crippen LogP contribution in [0.3, 0.4) is 0 Å². The van der Waals surface area contributed by atoms with Gasteiger partial charge >= 0.3 is 0 Å². The molecule has 2 unspecified atom stereocenters. The molecule has 1 amide bonds. The molecule has 1 aromatic heterocycles. The highest BCUT2D eigenvalue weighted by molar-refractivity contribution is 9.10. The van der Waals surface area contributed by atoms with E-state index in [4.69, 9.17) is 5.10 Å². The van der Waals surface area contributed by atoms with E-state index in [1.54, 1.807) is 0 Å². The van der Waals surface area contributed by atoms with Gasteiger partial charge in [-0.25, -0.2) is 9.69 Å². The minimum Gasteiger partial charge on any atom is -0.283 e. The molecule has 2 aromatic rings. The minimum absolute atomic E-state index is 0.0356. The second-order valence-corrected chi connectivity index (χ2v) is 8.65. The van der Waals surface area contributed by atoms with Crippen molar-refractivity contribution in [2.24, 2.45) is 0 Å². The van der Waals surface area contributed by atoms with Crippen molar-refractivity contribution in [3.05, 3.63) is 45.7 Å². The zero-order valence-electron chi connectivity index (χ0n) is 14.7. The van der Waals surface area contributed by atoms with Crippen LogP contribution in [-0.2, 0) is 0 Å². The van der Waals surface area contributed by atoms with E-state index in [9.17, 15) is 4.79 Å². The van der Waals surface area contributed by atoms with E-state index in [1.165, 1.54) is 36.9 Å². The highest BCUT2D eigenvalue weighted by atomic mass is 79.9. The lowest BCUT2D eigenvalue weighted by atomic mass is 9.95. The molecular formula is C20H23BrN4O. The van der Waals surface area contributed by atoms with Crippen LogP contribution in [0.25, 0.3) is 5.69 Å². The van der Waals surface area contributed by atoms with Crippen molar-refractivity contribution in [3.63, 3.8) is 0 Å². The van der Waals surface area contributed by atoms with Crippen LogP contribution in [0.4, 0.5) is 0 Å². The van der Waals surface area contributed by atoms with Gasteiger partial charge in [-0.15, -0.1) is 0 Å². The Balaban J connectivity index is 1.52. The van der Waals surface area contributed by atoms with E-state index in [0.717, 1.165) is 36.1 Å². The summed E-state index contributed by atoms with van der Waals surface area (Å²) in [5.74, 6) is 1.01. The van der Waals surface area contributed by atoms with Gasteiger partial charge in [0.15, 0.2) is 5.69 Å². The van der Waals surface area contributed by atoms with Crippen LogP contribution < -0.4 is 5.43 Å². The Morgan fingerprint density at radius 1 is 1.08 bits per heavy atom. The van der Waals surface area contributed by atoms with E-state index in [0.29, 0.717) is 17.5 Å². The Labute approximate surface area is 161 Å². The molecule has 1 aromatic carbocycles. The molecule has 136 valence electrons. The molecule has 2 aliphatic carbocycles. The van der Waals surface area contributed by atoms with Crippen LogP contribution in [0.1, 0.15) is 72.1 Å². The molecule has 5 rings (SSSR count). The topological polar surface area (TPSA) is 50.2 Å². The van der Waals surface area contributed by atoms with Gasteiger partial charge in [0, 0.05) is 29.0 Å². The minimum atomic E-state index is -0.0356. The summed E-state index contributed by atoms with van der Waals surface area (Å²) in [4.78, 5) is 13.0. The SMILES string of the molecule is O=C(NN1CCCCC1)c1nn(-c2ccc(Br)cc2)c2c1C1CCC2C1. The van der Waals surface area contributed by atoms with Crippen LogP contribution >= 0.6 is 15.9 Å². The van der Waals surface area contributed by atoms with Crippen LogP contribution in [0, 0.1) is 0 Å². The van der Waals surface area contributed by atoms with Crippen molar-refractivity contribution < 1.29 is 4.79 Å². The quantitative estimate of drug-likeness (QED) is 0.820. The van der Waals surface area contributed by atoms with Crippen molar-refractivity contribution in [1.82, 2.24) is 20.2 Å². The third-order valence-electron chi connectivity index (χ3n) is 6.09. The predicted molar refractivity (Wildman–Crippen MR) is 103 cm³/mol. The van der Waals surface area contributed by atoms with E-state index >= 15 is 0 Å². The molecule has 5 nitrogen and oxygen atoms in total. The van der Waals surface area contributed by atoms with E-state index in [2.05, 4.69) is 38.5 Å². The van der Waals surface area contributed by atoms with Gasteiger partial charge in [0.2, 0.25) is 0 Å². The Hall–Kier alpha value is -1.66. The van der Waals surface area contributed by atoms with Crippen molar-refractivity contribution in [2.75, 3.05) is 13.1 Å². The summed E-state index contributed by atoms with van der Waals surface area (Å²) < 4.78 is 3.08. The first-order chi connectivity index (χ1) is 12.7. The number of aromatic nitrogens is 2. The Kier molecular flexibility index (Phi) is 4.13. The van der Waals surface area contributed by atoms with Crippen molar-refractivity contribution in [2.45, 2.75) is 50.4 Å². The maximum atomic E-state index is 13.0. The molecule has 26 heavy (non-hydrogen) atoms. The van der Waals surface area contributed by atoms with Gasteiger partial charge in [0.1, 0.15) is 0 Å². The molecule has 1 saturated heterocycles. The predicted octanol–water partition coefficient (Wildman–Crippen LogP) is 4.13. The van der Waals surface area contributed by atoms with Gasteiger partial charge in [-0.05, 0) is 62.3 Å². The Bertz CT molecular complexity index is 838. The molecule has 2 atom stereocenters. The van der Waals surface area contributed by atoms with Gasteiger partial charge in [0.05, 0.1) is 11.4 Å². The van der Waals surface area contributed by atoms with Gasteiger partial charge in [-0.1, -0.05) is 22.4 Å². The number of hydrogen-bond donors (Lipinski definition) is 1. The lowest BCUT2D eigenvalue weighted by Crippen LogP contribution is -2.45. The highest BCUT2D eigenvalue weighted by Gasteiger charge is 2.44. The maximum Gasteiger partial charge on any atom is 0.286 e. The molecule has 6 heteroatoms. The van der Waals surface area contributed by atoms with Crippen molar-refractivity contribution in [1.29, 1.82) is 0 Å². The molecule has 0 radical (unpaired) electrons. The first-order valence-electron chi connectivity index (χ1n) is 9.65. The van der Waals surface area contributed by atoms with Crippen molar-refractivity contribution >= 4 is 21.8 Å². The van der Waals surface area contributed by atoms with E-state index in [1.807, 2.05) is 16.8 Å². The van der Waals surface area contributed by atoms with Crippen LogP contribution in [0.2, 0.25) is 0 Å². The van der Waals surface area contributed by atoms with Crippen LogP contribution in [-0.4, -0.2) is 33.8 Å². The van der Waals surface area contributed by atoms with Crippen molar-refractivity contribution in [3.8, 4) is 5.69 Å². The number of hydrazine groups is 1. The molecule has 2 heterocycles. The monoisotopic (exact) mass is 414 g/mol. The average molecular weight is 415 g/mol. The number of piperidine rings is 1. The van der Waals surface area contributed by atoms with Crippen LogP contribution in [0.5, 0.6) is 0 Å². The number of carbonyl (C=O) groups excluding carboxylic acids is 1. The summed E-state index contributed by atoms with van der Waals surface area (Å²) in [5.41, 5.74) is 7.26. The standard InChI is InChI=1S/C20H23BrN4O/c21-15-6-8-16(9-7-15)25-19-14-5-4-13(12-14)17(19)18(22-25)20(26)23-24-10-2-1-3-11-24/h6-9,13-14H,1-5,10-12H2,(H,23,26). The zero-order valence-corrected chi connectivity index (χ0v) is 16.3. The lowest BCUT2D eigenvalue weighted by Gasteiger charge is -2.26. The Morgan fingerprint density at radius 3 is 2.58 bits per heavy atom. The summed E-state index contributed by atoms with van der Waals surface area (Å²) in [5, 5.41) is 6.86. The fourth-order valence-electron chi connectivity index (χ4n) is 4.88. The molecule has 2 fully saturated rings.